The molecule has 3 aromatic carbocycles. The van der Waals surface area contributed by atoms with Crippen LogP contribution in [-0.2, 0) is 6.61 Å². The van der Waals surface area contributed by atoms with Gasteiger partial charge < -0.3 is 14.9 Å². The molecule has 0 saturated heterocycles. The molecule has 0 saturated carbocycles. The third-order valence-corrected chi connectivity index (χ3v) is 5.60. The van der Waals surface area contributed by atoms with Crippen molar-refractivity contribution in [2.24, 2.45) is 0 Å². The number of nitrogens with one attached hydrogen (secondary N) is 2. The quantitative estimate of drug-likeness (QED) is 0.366. The molecular formula is C26H20N4O4. The summed E-state index contributed by atoms with van der Waals surface area (Å²) >= 11 is 0. The fourth-order valence-corrected chi connectivity index (χ4v) is 3.84. The molecule has 0 aliphatic rings. The van der Waals surface area contributed by atoms with Gasteiger partial charge in [-0.2, -0.15) is 5.10 Å². The van der Waals surface area contributed by atoms with Gasteiger partial charge in [0.15, 0.2) is 5.76 Å². The highest BCUT2D eigenvalue weighted by atomic mass is 16.5. The van der Waals surface area contributed by atoms with Crippen LogP contribution >= 0.6 is 0 Å². The van der Waals surface area contributed by atoms with Crippen molar-refractivity contribution >= 4 is 22.4 Å². The summed E-state index contributed by atoms with van der Waals surface area (Å²) in [6.07, 6.45) is 0. The molecule has 0 aliphatic carbocycles. The first-order valence-electron chi connectivity index (χ1n) is 10.6. The molecular weight excluding hydrogens is 432 g/mol. The monoisotopic (exact) mass is 452 g/mol. The second kappa shape index (κ2) is 8.76. The lowest BCUT2D eigenvalue weighted by molar-refractivity contribution is 0.102. The molecule has 0 bridgehead atoms. The van der Waals surface area contributed by atoms with Crippen LogP contribution in [-0.4, -0.2) is 26.4 Å². The Hall–Kier alpha value is -4.56. The molecule has 0 unspecified atom stereocenters. The Bertz CT molecular complexity index is 1550. The van der Waals surface area contributed by atoms with Gasteiger partial charge in [0.25, 0.3) is 11.5 Å². The van der Waals surface area contributed by atoms with Gasteiger partial charge in [0.05, 0.1) is 23.4 Å². The van der Waals surface area contributed by atoms with Crippen molar-refractivity contribution in [2.45, 2.75) is 13.5 Å². The number of benzene rings is 3. The third kappa shape index (κ3) is 3.87. The molecule has 168 valence electrons. The van der Waals surface area contributed by atoms with Gasteiger partial charge in [0.2, 0.25) is 0 Å². The van der Waals surface area contributed by atoms with Gasteiger partial charge in [-0.3, -0.25) is 9.59 Å². The number of nitrogens with zero attached hydrogens (tertiary/aromatic N) is 2. The van der Waals surface area contributed by atoms with Crippen LogP contribution in [0.5, 0.6) is 0 Å². The van der Waals surface area contributed by atoms with Crippen LogP contribution in [0.2, 0.25) is 0 Å². The van der Waals surface area contributed by atoms with Gasteiger partial charge in [-0.1, -0.05) is 59.8 Å². The fraction of sp³-hybridized carbons (Fsp3) is 0.0769. The van der Waals surface area contributed by atoms with E-state index in [9.17, 15) is 14.7 Å². The standard InChI is InChI=1S/C26H20N4O4/c1-15-22(24(34-30-15)18-8-6-16(14-31)7-9-18)26(33)27-19-12-10-17(11-13-19)23-20-4-2-3-5-21(20)25(32)29-28-23/h2-13,31H,14H2,1H3,(H,27,33)(H,29,32). The number of rotatable bonds is 5. The molecule has 8 heteroatoms. The summed E-state index contributed by atoms with van der Waals surface area (Å²) in [7, 11) is 0. The number of aryl methyl sites for hydroxylation is 1. The highest BCUT2D eigenvalue weighted by Gasteiger charge is 2.22. The van der Waals surface area contributed by atoms with Crippen molar-refractivity contribution in [1.29, 1.82) is 0 Å². The van der Waals surface area contributed by atoms with E-state index < -0.39 is 0 Å². The van der Waals surface area contributed by atoms with Gasteiger partial charge in [-0.25, -0.2) is 5.10 Å². The molecule has 1 amide bonds. The average Bonchev–Trinajstić information content (AvgIpc) is 3.26. The number of hydrogen-bond donors (Lipinski definition) is 3. The van der Waals surface area contributed by atoms with Gasteiger partial charge in [-0.05, 0) is 30.7 Å². The number of H-pyrrole nitrogens is 1. The lowest BCUT2D eigenvalue weighted by Gasteiger charge is -2.08. The first-order chi connectivity index (χ1) is 16.5. The second-order valence-electron chi connectivity index (χ2n) is 7.81. The van der Waals surface area contributed by atoms with E-state index in [-0.39, 0.29) is 18.1 Å². The minimum Gasteiger partial charge on any atom is -0.392 e. The summed E-state index contributed by atoms with van der Waals surface area (Å²) < 4.78 is 5.43. The topological polar surface area (TPSA) is 121 Å². The van der Waals surface area contributed by atoms with Crippen molar-refractivity contribution in [3.63, 3.8) is 0 Å². The van der Waals surface area contributed by atoms with Crippen LogP contribution in [0.25, 0.3) is 33.4 Å². The molecule has 8 nitrogen and oxygen atoms in total. The Balaban J connectivity index is 1.42. The van der Waals surface area contributed by atoms with Crippen LogP contribution in [0.4, 0.5) is 5.69 Å². The number of fused-ring (bicyclic) bond motifs is 1. The van der Waals surface area contributed by atoms with E-state index in [2.05, 4.69) is 20.7 Å². The summed E-state index contributed by atoms with van der Waals surface area (Å²) in [6, 6.07) is 21.6. The molecule has 0 spiro atoms. The maximum Gasteiger partial charge on any atom is 0.272 e. The molecule has 0 atom stereocenters. The minimum absolute atomic E-state index is 0.0660. The lowest BCUT2D eigenvalue weighted by Crippen LogP contribution is -2.13. The minimum atomic E-state index is -0.347. The first-order valence-corrected chi connectivity index (χ1v) is 10.6. The fourth-order valence-electron chi connectivity index (χ4n) is 3.84. The molecule has 2 heterocycles. The third-order valence-electron chi connectivity index (χ3n) is 5.60. The molecule has 0 aliphatic heterocycles. The molecule has 0 radical (unpaired) electrons. The van der Waals surface area contributed by atoms with Crippen LogP contribution < -0.4 is 10.9 Å². The number of amides is 1. The van der Waals surface area contributed by atoms with Crippen molar-refractivity contribution in [2.75, 3.05) is 5.32 Å². The number of aliphatic hydroxyl groups is 1. The smallest absolute Gasteiger partial charge is 0.272 e. The Morgan fingerprint density at radius 3 is 2.35 bits per heavy atom. The zero-order valence-electron chi connectivity index (χ0n) is 18.2. The average molecular weight is 452 g/mol. The summed E-state index contributed by atoms with van der Waals surface area (Å²) in [6.45, 7) is 1.64. The number of aliphatic hydroxyl groups excluding tert-OH is 1. The Morgan fingerprint density at radius 2 is 1.65 bits per heavy atom. The van der Waals surface area contributed by atoms with E-state index in [1.807, 2.05) is 30.3 Å². The van der Waals surface area contributed by atoms with Gasteiger partial charge in [0, 0.05) is 22.2 Å². The largest absolute Gasteiger partial charge is 0.392 e. The van der Waals surface area contributed by atoms with Crippen LogP contribution in [0.1, 0.15) is 21.6 Å². The number of carbonyl (C=O) groups is 1. The Morgan fingerprint density at radius 1 is 0.971 bits per heavy atom. The number of aromatic nitrogens is 3. The van der Waals surface area contributed by atoms with Crippen molar-refractivity contribution < 1.29 is 14.4 Å². The predicted octanol–water partition coefficient (Wildman–Crippen LogP) is 4.30. The molecule has 2 aromatic heterocycles. The molecule has 0 fully saturated rings. The molecule has 3 N–H and O–H groups in total. The van der Waals surface area contributed by atoms with E-state index in [4.69, 9.17) is 4.52 Å². The van der Waals surface area contributed by atoms with E-state index in [1.54, 1.807) is 49.4 Å². The SMILES string of the molecule is Cc1noc(-c2ccc(CO)cc2)c1C(=O)Nc1ccc(-c2n[nH]c(=O)c3ccccc23)cc1. The summed E-state index contributed by atoms with van der Waals surface area (Å²) in [5.41, 5.74) is 4.06. The van der Waals surface area contributed by atoms with Crippen molar-refractivity contribution in [3.8, 4) is 22.6 Å². The molecule has 5 rings (SSSR count). The molecule has 34 heavy (non-hydrogen) atoms. The maximum atomic E-state index is 13.1. The summed E-state index contributed by atoms with van der Waals surface area (Å²) in [4.78, 5) is 25.1. The van der Waals surface area contributed by atoms with Gasteiger partial charge in [0.1, 0.15) is 5.56 Å². The Labute approximate surface area is 193 Å². The van der Waals surface area contributed by atoms with Crippen LogP contribution in [0, 0.1) is 6.92 Å². The Kier molecular flexibility index (Phi) is 5.49. The number of carbonyl (C=O) groups excluding carboxylic acids is 1. The number of aromatic amines is 1. The number of hydrogen-bond acceptors (Lipinski definition) is 6. The van der Waals surface area contributed by atoms with Gasteiger partial charge in [-0.15, -0.1) is 0 Å². The maximum absolute atomic E-state index is 13.1. The zero-order valence-corrected chi connectivity index (χ0v) is 18.2. The zero-order chi connectivity index (χ0) is 23.7. The number of anilines is 1. The second-order valence-corrected chi connectivity index (χ2v) is 7.81. The summed E-state index contributed by atoms with van der Waals surface area (Å²) in [5, 5.41) is 24.2. The van der Waals surface area contributed by atoms with Gasteiger partial charge >= 0.3 is 0 Å². The predicted molar refractivity (Wildman–Crippen MR) is 128 cm³/mol. The van der Waals surface area contributed by atoms with Crippen molar-refractivity contribution in [1.82, 2.24) is 15.4 Å². The van der Waals surface area contributed by atoms with E-state index in [0.717, 1.165) is 16.5 Å². The highest BCUT2D eigenvalue weighted by molar-refractivity contribution is 6.08. The van der Waals surface area contributed by atoms with E-state index >= 15 is 0 Å². The van der Waals surface area contributed by atoms with Crippen LogP contribution in [0.3, 0.4) is 0 Å². The molecule has 5 aromatic rings. The summed E-state index contributed by atoms with van der Waals surface area (Å²) in [5.74, 6) is 0.0142. The van der Waals surface area contributed by atoms with Crippen molar-refractivity contribution in [3.05, 3.63) is 100.0 Å². The van der Waals surface area contributed by atoms with E-state index in [0.29, 0.717) is 39.3 Å². The van der Waals surface area contributed by atoms with Crippen LogP contribution in [0.15, 0.2) is 82.1 Å². The van der Waals surface area contributed by atoms with E-state index in [1.165, 1.54) is 0 Å². The normalized spacial score (nSPS) is 11.0. The first kappa shape index (κ1) is 21.3. The highest BCUT2D eigenvalue weighted by Crippen LogP contribution is 2.29. The lowest BCUT2D eigenvalue weighted by atomic mass is 10.0.